The van der Waals surface area contributed by atoms with E-state index in [-0.39, 0.29) is 5.91 Å². The molecule has 0 unspecified atom stereocenters. The molecule has 0 atom stereocenters. The fourth-order valence-corrected chi connectivity index (χ4v) is 1.94. The number of hydrogen-bond acceptors (Lipinski definition) is 3. The maximum absolute atomic E-state index is 11.7. The summed E-state index contributed by atoms with van der Waals surface area (Å²) >= 11 is 0. The van der Waals surface area contributed by atoms with Crippen LogP contribution in [-0.2, 0) is 9.53 Å². The maximum Gasteiger partial charge on any atom is 0.236 e. The Labute approximate surface area is 97.3 Å². The maximum atomic E-state index is 11.7. The molecule has 0 bridgehead atoms. The van der Waals surface area contributed by atoms with Gasteiger partial charge in [0.1, 0.15) is 0 Å². The summed E-state index contributed by atoms with van der Waals surface area (Å²) < 4.78 is 5.12. The van der Waals surface area contributed by atoms with Crippen molar-refractivity contribution in [3.05, 3.63) is 0 Å². The molecule has 1 saturated heterocycles. The van der Waals surface area contributed by atoms with Gasteiger partial charge in [-0.3, -0.25) is 10.1 Å². The van der Waals surface area contributed by atoms with Crippen molar-refractivity contribution >= 4 is 5.91 Å². The van der Waals surface area contributed by atoms with Gasteiger partial charge < -0.3 is 9.64 Å². The highest BCUT2D eigenvalue weighted by atomic mass is 16.5. The van der Waals surface area contributed by atoms with Crippen LogP contribution in [-0.4, -0.2) is 50.7 Å². The number of amides is 1. The predicted octanol–water partition coefficient (Wildman–Crippen LogP) is 0.0942. The first-order chi connectivity index (χ1) is 7.77. The average Bonchev–Trinajstić information content (AvgIpc) is 2.30. The Morgan fingerprint density at radius 2 is 2.25 bits per heavy atom. The lowest BCUT2D eigenvalue weighted by molar-refractivity contribution is -0.131. The van der Waals surface area contributed by atoms with Crippen molar-refractivity contribution in [2.45, 2.75) is 12.8 Å². The lowest BCUT2D eigenvalue weighted by atomic mass is 9.98. The minimum Gasteiger partial charge on any atom is -0.384 e. The van der Waals surface area contributed by atoms with Gasteiger partial charge in [0.25, 0.3) is 0 Å². The molecule has 0 aliphatic carbocycles. The second-order valence-corrected chi connectivity index (χ2v) is 4.09. The number of nitrogens with one attached hydrogen (secondary N) is 1. The van der Waals surface area contributed by atoms with Crippen LogP contribution in [0.2, 0.25) is 0 Å². The molecule has 0 aromatic carbocycles. The van der Waals surface area contributed by atoms with Crippen molar-refractivity contribution in [3.63, 3.8) is 0 Å². The van der Waals surface area contributed by atoms with E-state index >= 15 is 0 Å². The van der Waals surface area contributed by atoms with Crippen LogP contribution in [0, 0.1) is 18.3 Å². The number of methoxy groups -OCH3 is 1. The average molecular weight is 224 g/mol. The molecule has 0 saturated carbocycles. The van der Waals surface area contributed by atoms with Gasteiger partial charge in [-0.05, 0) is 18.8 Å². The Kier molecular flexibility index (Phi) is 5.91. The number of terminal acetylenes is 1. The van der Waals surface area contributed by atoms with E-state index in [9.17, 15) is 4.79 Å². The normalized spacial score (nSPS) is 17.1. The fourth-order valence-electron chi connectivity index (χ4n) is 1.94. The molecule has 1 amide bonds. The summed E-state index contributed by atoms with van der Waals surface area (Å²) in [5.74, 6) is 3.20. The van der Waals surface area contributed by atoms with Crippen molar-refractivity contribution < 1.29 is 9.53 Å². The predicted molar refractivity (Wildman–Crippen MR) is 62.9 cm³/mol. The van der Waals surface area contributed by atoms with E-state index in [1.54, 1.807) is 7.11 Å². The van der Waals surface area contributed by atoms with Gasteiger partial charge in [-0.1, -0.05) is 5.92 Å². The highest BCUT2D eigenvalue weighted by molar-refractivity contribution is 5.78. The van der Waals surface area contributed by atoms with Crippen molar-refractivity contribution in [1.82, 2.24) is 10.2 Å². The van der Waals surface area contributed by atoms with Crippen molar-refractivity contribution in [2.24, 2.45) is 5.92 Å². The van der Waals surface area contributed by atoms with Crippen LogP contribution in [0.15, 0.2) is 0 Å². The topological polar surface area (TPSA) is 41.6 Å². The molecule has 1 N–H and O–H groups in total. The number of rotatable bonds is 5. The summed E-state index contributed by atoms with van der Waals surface area (Å²) in [6.07, 6.45) is 7.17. The van der Waals surface area contributed by atoms with E-state index in [0.717, 1.165) is 32.5 Å². The minimum atomic E-state index is 0.145. The molecule has 0 radical (unpaired) electrons. The van der Waals surface area contributed by atoms with Crippen LogP contribution >= 0.6 is 0 Å². The number of piperidine rings is 1. The van der Waals surface area contributed by atoms with Gasteiger partial charge in [0.15, 0.2) is 0 Å². The van der Waals surface area contributed by atoms with Crippen molar-refractivity contribution in [3.8, 4) is 12.3 Å². The minimum absolute atomic E-state index is 0.145. The number of likely N-dealkylation sites (tertiary alicyclic amines) is 1. The molecule has 0 aromatic heterocycles. The van der Waals surface area contributed by atoms with Crippen LogP contribution in [0.25, 0.3) is 0 Å². The van der Waals surface area contributed by atoms with Crippen molar-refractivity contribution in [2.75, 3.05) is 39.9 Å². The van der Waals surface area contributed by atoms with E-state index in [1.807, 2.05) is 4.90 Å². The van der Waals surface area contributed by atoms with Crippen LogP contribution in [0.1, 0.15) is 12.8 Å². The smallest absolute Gasteiger partial charge is 0.236 e. The molecule has 90 valence electrons. The summed E-state index contributed by atoms with van der Waals surface area (Å²) in [6, 6.07) is 0. The van der Waals surface area contributed by atoms with Crippen LogP contribution in [0.3, 0.4) is 0 Å². The molecule has 0 spiro atoms. The molecule has 1 fully saturated rings. The van der Waals surface area contributed by atoms with Gasteiger partial charge in [0.2, 0.25) is 5.91 Å². The highest BCUT2D eigenvalue weighted by Gasteiger charge is 2.21. The molecule has 1 aliphatic heterocycles. The third-order valence-corrected chi connectivity index (χ3v) is 2.87. The monoisotopic (exact) mass is 224 g/mol. The lowest BCUT2D eigenvalue weighted by Gasteiger charge is -2.31. The van der Waals surface area contributed by atoms with Gasteiger partial charge >= 0.3 is 0 Å². The van der Waals surface area contributed by atoms with Crippen LogP contribution in [0.4, 0.5) is 0 Å². The molecule has 4 nitrogen and oxygen atoms in total. The SMILES string of the molecule is C#CCNCC(=O)N1CCC(COC)CC1. The third kappa shape index (κ3) is 4.21. The third-order valence-electron chi connectivity index (χ3n) is 2.87. The number of ether oxygens (including phenoxy) is 1. The van der Waals surface area contributed by atoms with E-state index < -0.39 is 0 Å². The molecule has 16 heavy (non-hydrogen) atoms. The molecular formula is C12H20N2O2. The lowest BCUT2D eigenvalue weighted by Crippen LogP contribution is -2.43. The Morgan fingerprint density at radius 3 is 2.81 bits per heavy atom. The first-order valence-corrected chi connectivity index (χ1v) is 5.68. The van der Waals surface area contributed by atoms with E-state index in [1.165, 1.54) is 0 Å². The molecule has 1 heterocycles. The number of hydrogen-bond donors (Lipinski definition) is 1. The molecule has 0 aromatic rings. The van der Waals surface area contributed by atoms with Crippen LogP contribution in [0.5, 0.6) is 0 Å². The molecular weight excluding hydrogens is 204 g/mol. The zero-order valence-electron chi connectivity index (χ0n) is 9.87. The summed E-state index contributed by atoms with van der Waals surface area (Å²) in [7, 11) is 1.72. The van der Waals surface area contributed by atoms with Crippen molar-refractivity contribution in [1.29, 1.82) is 0 Å². The van der Waals surface area contributed by atoms with Gasteiger partial charge in [0, 0.05) is 26.8 Å². The first-order valence-electron chi connectivity index (χ1n) is 5.68. The summed E-state index contributed by atoms with van der Waals surface area (Å²) in [4.78, 5) is 13.6. The Morgan fingerprint density at radius 1 is 1.56 bits per heavy atom. The fraction of sp³-hybridized carbons (Fsp3) is 0.750. The summed E-state index contributed by atoms with van der Waals surface area (Å²) in [5, 5.41) is 2.92. The van der Waals surface area contributed by atoms with E-state index in [2.05, 4.69) is 11.2 Å². The first kappa shape index (κ1) is 13.0. The van der Waals surface area contributed by atoms with E-state index in [4.69, 9.17) is 11.2 Å². The summed E-state index contributed by atoms with van der Waals surface area (Å²) in [6.45, 7) is 3.28. The second-order valence-electron chi connectivity index (χ2n) is 4.09. The Balaban J connectivity index is 2.20. The molecule has 1 aliphatic rings. The summed E-state index contributed by atoms with van der Waals surface area (Å²) in [5.41, 5.74) is 0. The second kappa shape index (κ2) is 7.26. The quantitative estimate of drug-likeness (QED) is 0.532. The zero-order valence-corrected chi connectivity index (χ0v) is 9.87. The van der Waals surface area contributed by atoms with Gasteiger partial charge in [-0.2, -0.15) is 0 Å². The number of carbonyl (C=O) groups excluding carboxylic acids is 1. The standard InChI is InChI=1S/C12H20N2O2/c1-3-6-13-9-12(15)14-7-4-11(5-8-14)10-16-2/h1,11,13H,4-10H2,2H3. The number of carbonyl (C=O) groups is 1. The largest absolute Gasteiger partial charge is 0.384 e. The molecule has 1 rings (SSSR count). The Hall–Kier alpha value is -1.05. The van der Waals surface area contributed by atoms with Gasteiger partial charge in [-0.15, -0.1) is 6.42 Å². The zero-order chi connectivity index (χ0) is 11.8. The molecule has 4 heteroatoms. The van der Waals surface area contributed by atoms with E-state index in [0.29, 0.717) is 19.0 Å². The Bertz CT molecular complexity index is 252. The van der Waals surface area contributed by atoms with Crippen LogP contribution < -0.4 is 5.32 Å². The van der Waals surface area contributed by atoms with Gasteiger partial charge in [-0.25, -0.2) is 0 Å². The van der Waals surface area contributed by atoms with Gasteiger partial charge in [0.05, 0.1) is 13.1 Å². The number of nitrogens with zero attached hydrogens (tertiary/aromatic N) is 1. The highest BCUT2D eigenvalue weighted by Crippen LogP contribution is 2.16.